The SMILES string of the molecule is CC(C)NC(=O)c1coc(CN(C(=O)c2cccc(F)c2)C(C)C)n1. The van der Waals surface area contributed by atoms with Gasteiger partial charge < -0.3 is 14.6 Å². The highest BCUT2D eigenvalue weighted by Crippen LogP contribution is 2.14. The summed E-state index contributed by atoms with van der Waals surface area (Å²) in [5, 5.41) is 2.72. The number of amides is 2. The lowest BCUT2D eigenvalue weighted by molar-refractivity contribution is 0.0671. The van der Waals surface area contributed by atoms with Crippen molar-refractivity contribution in [3.63, 3.8) is 0 Å². The van der Waals surface area contributed by atoms with E-state index in [1.807, 2.05) is 27.7 Å². The summed E-state index contributed by atoms with van der Waals surface area (Å²) in [6, 6.07) is 5.34. The molecule has 0 atom stereocenters. The van der Waals surface area contributed by atoms with Gasteiger partial charge in [0.1, 0.15) is 12.1 Å². The maximum atomic E-state index is 13.4. The van der Waals surface area contributed by atoms with E-state index >= 15 is 0 Å². The molecule has 0 saturated heterocycles. The van der Waals surface area contributed by atoms with Crippen LogP contribution in [0.2, 0.25) is 0 Å². The third-order valence-corrected chi connectivity index (χ3v) is 3.47. The van der Waals surface area contributed by atoms with Crippen LogP contribution in [0.3, 0.4) is 0 Å². The van der Waals surface area contributed by atoms with Crippen LogP contribution in [0.1, 0.15) is 54.4 Å². The Morgan fingerprint density at radius 2 is 2.00 bits per heavy atom. The second-order valence-electron chi connectivity index (χ2n) is 6.29. The van der Waals surface area contributed by atoms with Gasteiger partial charge in [0.25, 0.3) is 11.8 Å². The fraction of sp³-hybridized carbons (Fsp3) is 0.389. The summed E-state index contributed by atoms with van der Waals surface area (Å²) in [6.45, 7) is 7.45. The number of halogens is 1. The van der Waals surface area contributed by atoms with Gasteiger partial charge in [-0.3, -0.25) is 9.59 Å². The van der Waals surface area contributed by atoms with Crippen molar-refractivity contribution in [1.82, 2.24) is 15.2 Å². The van der Waals surface area contributed by atoms with Gasteiger partial charge in [-0.1, -0.05) is 6.07 Å². The Bertz CT molecular complexity index is 756. The molecule has 0 fully saturated rings. The zero-order chi connectivity index (χ0) is 18.6. The van der Waals surface area contributed by atoms with E-state index in [1.54, 1.807) is 6.07 Å². The minimum absolute atomic E-state index is 0.0191. The first-order valence-corrected chi connectivity index (χ1v) is 8.09. The molecular formula is C18H22FN3O3. The molecule has 0 spiro atoms. The number of hydrogen-bond acceptors (Lipinski definition) is 4. The molecule has 2 amide bonds. The highest BCUT2D eigenvalue weighted by molar-refractivity contribution is 5.94. The fourth-order valence-electron chi connectivity index (χ4n) is 2.25. The molecule has 1 heterocycles. The normalized spacial score (nSPS) is 11.0. The van der Waals surface area contributed by atoms with Gasteiger partial charge in [0.15, 0.2) is 5.69 Å². The number of nitrogens with one attached hydrogen (secondary N) is 1. The second-order valence-corrected chi connectivity index (χ2v) is 6.29. The highest BCUT2D eigenvalue weighted by Gasteiger charge is 2.22. The van der Waals surface area contributed by atoms with Gasteiger partial charge in [-0.15, -0.1) is 0 Å². The Kier molecular flexibility index (Phi) is 5.90. The van der Waals surface area contributed by atoms with E-state index in [9.17, 15) is 14.0 Å². The molecule has 7 heteroatoms. The number of aromatic nitrogens is 1. The molecule has 134 valence electrons. The number of carbonyl (C=O) groups excluding carboxylic acids is 2. The van der Waals surface area contributed by atoms with Crippen LogP contribution in [0.15, 0.2) is 34.9 Å². The van der Waals surface area contributed by atoms with Crippen molar-refractivity contribution in [2.75, 3.05) is 0 Å². The van der Waals surface area contributed by atoms with Gasteiger partial charge in [-0.25, -0.2) is 9.37 Å². The molecule has 2 rings (SSSR count). The topological polar surface area (TPSA) is 75.4 Å². The minimum atomic E-state index is -0.474. The third-order valence-electron chi connectivity index (χ3n) is 3.47. The highest BCUT2D eigenvalue weighted by atomic mass is 19.1. The molecule has 0 bridgehead atoms. The van der Waals surface area contributed by atoms with Gasteiger partial charge in [0, 0.05) is 17.6 Å². The number of benzene rings is 1. The summed E-state index contributed by atoms with van der Waals surface area (Å²) in [6.07, 6.45) is 1.26. The lowest BCUT2D eigenvalue weighted by Gasteiger charge is -2.25. The molecule has 0 aliphatic carbocycles. The zero-order valence-corrected chi connectivity index (χ0v) is 14.7. The van der Waals surface area contributed by atoms with Crippen LogP contribution in [-0.4, -0.2) is 33.8 Å². The first kappa shape index (κ1) is 18.6. The molecule has 6 nitrogen and oxygen atoms in total. The minimum Gasteiger partial charge on any atom is -0.446 e. The predicted molar refractivity (Wildman–Crippen MR) is 90.5 cm³/mol. The summed E-state index contributed by atoms with van der Waals surface area (Å²) in [5.41, 5.74) is 0.406. The number of hydrogen-bond donors (Lipinski definition) is 1. The van der Waals surface area contributed by atoms with E-state index in [1.165, 1.54) is 29.4 Å². The van der Waals surface area contributed by atoms with Crippen LogP contribution in [0.25, 0.3) is 0 Å². The van der Waals surface area contributed by atoms with Gasteiger partial charge in [-0.05, 0) is 45.9 Å². The molecule has 1 aromatic carbocycles. The van der Waals surface area contributed by atoms with Crippen LogP contribution in [0.4, 0.5) is 4.39 Å². The van der Waals surface area contributed by atoms with E-state index < -0.39 is 5.82 Å². The van der Waals surface area contributed by atoms with Crippen molar-refractivity contribution in [3.8, 4) is 0 Å². The summed E-state index contributed by atoms with van der Waals surface area (Å²) in [5.74, 6) is -0.899. The van der Waals surface area contributed by atoms with Crippen LogP contribution >= 0.6 is 0 Å². The molecule has 0 saturated carbocycles. The summed E-state index contributed by atoms with van der Waals surface area (Å²) < 4.78 is 18.7. The lowest BCUT2D eigenvalue weighted by atomic mass is 10.1. The standard InChI is InChI=1S/C18H22FN3O3/c1-11(2)20-17(23)15-10-25-16(21-15)9-22(12(3)4)18(24)13-6-5-7-14(19)8-13/h5-8,10-12H,9H2,1-4H3,(H,20,23). The van der Waals surface area contributed by atoms with Crippen molar-refractivity contribution in [1.29, 1.82) is 0 Å². The lowest BCUT2D eigenvalue weighted by Crippen LogP contribution is -2.36. The van der Waals surface area contributed by atoms with Gasteiger partial charge in [0.05, 0.1) is 6.54 Å². The first-order valence-electron chi connectivity index (χ1n) is 8.09. The Morgan fingerprint density at radius 3 is 2.60 bits per heavy atom. The van der Waals surface area contributed by atoms with E-state index in [4.69, 9.17) is 4.42 Å². The zero-order valence-electron chi connectivity index (χ0n) is 14.7. The van der Waals surface area contributed by atoms with Crippen LogP contribution in [-0.2, 0) is 6.54 Å². The van der Waals surface area contributed by atoms with Crippen molar-refractivity contribution in [2.45, 2.75) is 46.3 Å². The Hall–Kier alpha value is -2.70. The number of nitrogens with zero attached hydrogens (tertiary/aromatic N) is 2. The largest absolute Gasteiger partial charge is 0.446 e. The van der Waals surface area contributed by atoms with Gasteiger partial charge in [-0.2, -0.15) is 0 Å². The molecule has 0 radical (unpaired) electrons. The Balaban J connectivity index is 2.16. The predicted octanol–water partition coefficient (Wildman–Crippen LogP) is 3.00. The fourth-order valence-corrected chi connectivity index (χ4v) is 2.25. The van der Waals surface area contributed by atoms with Crippen molar-refractivity contribution >= 4 is 11.8 Å². The first-order chi connectivity index (χ1) is 11.8. The van der Waals surface area contributed by atoms with E-state index in [0.29, 0.717) is 0 Å². The van der Waals surface area contributed by atoms with Crippen LogP contribution in [0.5, 0.6) is 0 Å². The molecule has 0 unspecified atom stereocenters. The molecule has 0 aliphatic rings. The Labute approximate surface area is 146 Å². The van der Waals surface area contributed by atoms with E-state index in [0.717, 1.165) is 0 Å². The summed E-state index contributed by atoms with van der Waals surface area (Å²) in [4.78, 5) is 30.2. The second kappa shape index (κ2) is 7.92. The smallest absolute Gasteiger partial charge is 0.273 e. The maximum absolute atomic E-state index is 13.4. The number of oxazole rings is 1. The Morgan fingerprint density at radius 1 is 1.28 bits per heavy atom. The monoisotopic (exact) mass is 347 g/mol. The van der Waals surface area contributed by atoms with Gasteiger partial charge >= 0.3 is 0 Å². The average molecular weight is 347 g/mol. The maximum Gasteiger partial charge on any atom is 0.273 e. The number of carbonyl (C=O) groups is 2. The molecule has 1 aromatic heterocycles. The van der Waals surface area contributed by atoms with E-state index in [-0.39, 0.29) is 47.6 Å². The number of rotatable bonds is 6. The summed E-state index contributed by atoms with van der Waals surface area (Å²) in [7, 11) is 0. The van der Waals surface area contributed by atoms with Gasteiger partial charge in [0.2, 0.25) is 5.89 Å². The van der Waals surface area contributed by atoms with Crippen LogP contribution < -0.4 is 5.32 Å². The molecule has 25 heavy (non-hydrogen) atoms. The molecular weight excluding hydrogens is 325 g/mol. The molecule has 0 aliphatic heterocycles. The quantitative estimate of drug-likeness (QED) is 0.871. The van der Waals surface area contributed by atoms with Crippen molar-refractivity contribution in [3.05, 3.63) is 53.5 Å². The van der Waals surface area contributed by atoms with Crippen molar-refractivity contribution in [2.24, 2.45) is 0 Å². The molecule has 2 aromatic rings. The molecule has 1 N–H and O–H groups in total. The summed E-state index contributed by atoms with van der Waals surface area (Å²) >= 11 is 0. The average Bonchev–Trinajstić information content (AvgIpc) is 3.00. The van der Waals surface area contributed by atoms with Crippen LogP contribution in [0, 0.1) is 5.82 Å². The van der Waals surface area contributed by atoms with E-state index in [2.05, 4.69) is 10.3 Å². The van der Waals surface area contributed by atoms with Crippen molar-refractivity contribution < 1.29 is 18.4 Å². The third kappa shape index (κ3) is 4.89.